The van der Waals surface area contributed by atoms with Crippen LogP contribution in [0.3, 0.4) is 0 Å². The molecule has 1 amide bonds. The molecule has 0 spiro atoms. The molecule has 3 rings (SSSR count). The van der Waals surface area contributed by atoms with Crippen LogP contribution in [0.25, 0.3) is 0 Å². The van der Waals surface area contributed by atoms with Crippen molar-refractivity contribution in [2.45, 2.75) is 31.1 Å². The maximum atomic E-state index is 13.7. The van der Waals surface area contributed by atoms with E-state index in [1.807, 2.05) is 11.0 Å². The Morgan fingerprint density at radius 3 is 2.44 bits per heavy atom. The fourth-order valence-electron chi connectivity index (χ4n) is 3.46. The van der Waals surface area contributed by atoms with E-state index in [4.69, 9.17) is 0 Å². The van der Waals surface area contributed by atoms with E-state index in [1.54, 1.807) is 31.2 Å². The highest BCUT2D eigenvalue weighted by Crippen LogP contribution is 2.23. The summed E-state index contributed by atoms with van der Waals surface area (Å²) >= 11 is 0. The normalized spacial score (nSPS) is 17.3. The number of amides is 1. The number of halogens is 1. The molecule has 2 aromatic carbocycles. The lowest BCUT2D eigenvalue weighted by atomic mass is 9.98. The molecule has 1 fully saturated rings. The first-order valence-corrected chi connectivity index (χ1v) is 10.9. The van der Waals surface area contributed by atoms with Crippen LogP contribution in [0, 0.1) is 18.7 Å². The lowest BCUT2D eigenvalue weighted by Gasteiger charge is -2.17. The van der Waals surface area contributed by atoms with Crippen LogP contribution in [0.2, 0.25) is 0 Å². The molecule has 1 saturated heterocycles. The van der Waals surface area contributed by atoms with Crippen molar-refractivity contribution >= 4 is 15.7 Å². The van der Waals surface area contributed by atoms with Gasteiger partial charge in [-0.1, -0.05) is 24.3 Å². The summed E-state index contributed by atoms with van der Waals surface area (Å²) in [7, 11) is -3.23. The van der Waals surface area contributed by atoms with Crippen LogP contribution in [-0.4, -0.2) is 38.6 Å². The van der Waals surface area contributed by atoms with Crippen LogP contribution in [0.15, 0.2) is 47.4 Å². The van der Waals surface area contributed by atoms with E-state index in [2.05, 4.69) is 0 Å². The zero-order chi connectivity index (χ0) is 19.6. The fourth-order valence-corrected chi connectivity index (χ4v) is 4.09. The summed E-state index contributed by atoms with van der Waals surface area (Å²) in [6, 6.07) is 11.8. The second-order valence-electron chi connectivity index (χ2n) is 7.38. The van der Waals surface area contributed by atoms with Crippen molar-refractivity contribution in [3.8, 4) is 0 Å². The van der Waals surface area contributed by atoms with Crippen LogP contribution in [0.4, 0.5) is 4.39 Å². The number of carbonyl (C=O) groups is 1. The summed E-state index contributed by atoms with van der Waals surface area (Å²) in [5.74, 6) is 0.194. The molecule has 0 radical (unpaired) electrons. The summed E-state index contributed by atoms with van der Waals surface area (Å²) in [6.45, 7) is 3.13. The minimum absolute atomic E-state index is 0.0414. The van der Waals surface area contributed by atoms with Crippen LogP contribution >= 0.6 is 0 Å². The molecular weight excluding hydrogens is 365 g/mol. The van der Waals surface area contributed by atoms with E-state index >= 15 is 0 Å². The molecule has 1 aliphatic rings. The Labute approximate surface area is 159 Å². The van der Waals surface area contributed by atoms with Crippen molar-refractivity contribution in [1.29, 1.82) is 0 Å². The third-order valence-corrected chi connectivity index (χ3v) is 6.23. The van der Waals surface area contributed by atoms with Gasteiger partial charge in [0.1, 0.15) is 5.82 Å². The SMILES string of the molecule is Cc1ccc(CC2CCN(C(=O)Cc3ccc(S(C)(=O)=O)cc3)C2)cc1F. The number of aryl methyl sites for hydroxylation is 1. The van der Waals surface area contributed by atoms with Crippen LogP contribution in [-0.2, 0) is 27.5 Å². The zero-order valence-electron chi connectivity index (χ0n) is 15.6. The molecule has 0 aromatic heterocycles. The van der Waals surface area contributed by atoms with Gasteiger partial charge in [-0.2, -0.15) is 0 Å². The second-order valence-corrected chi connectivity index (χ2v) is 9.39. The molecule has 144 valence electrons. The molecule has 0 saturated carbocycles. The minimum Gasteiger partial charge on any atom is -0.342 e. The number of hydrogen-bond acceptors (Lipinski definition) is 3. The molecule has 1 aliphatic heterocycles. The van der Waals surface area contributed by atoms with Crippen molar-refractivity contribution in [3.05, 3.63) is 65.0 Å². The highest BCUT2D eigenvalue weighted by molar-refractivity contribution is 7.90. The summed E-state index contributed by atoms with van der Waals surface area (Å²) in [6.07, 6.45) is 3.10. The van der Waals surface area contributed by atoms with Crippen molar-refractivity contribution in [3.63, 3.8) is 0 Å². The third kappa shape index (κ3) is 4.95. The first kappa shape index (κ1) is 19.5. The number of carbonyl (C=O) groups excluding carboxylic acids is 1. The highest BCUT2D eigenvalue weighted by Gasteiger charge is 2.26. The first-order chi connectivity index (χ1) is 12.7. The van der Waals surface area contributed by atoms with Crippen LogP contribution in [0.5, 0.6) is 0 Å². The third-order valence-electron chi connectivity index (χ3n) is 5.11. The number of likely N-dealkylation sites (tertiary alicyclic amines) is 1. The van der Waals surface area contributed by atoms with Gasteiger partial charge in [-0.15, -0.1) is 0 Å². The standard InChI is InChI=1S/C21H24FNO3S/c1-15-3-4-17(12-20(15)22)11-18-9-10-23(14-18)21(24)13-16-5-7-19(8-6-16)27(2,25)26/h3-8,12,18H,9-11,13-14H2,1-2H3. The monoisotopic (exact) mass is 389 g/mol. The van der Waals surface area contributed by atoms with Crippen molar-refractivity contribution in [2.24, 2.45) is 5.92 Å². The average molecular weight is 389 g/mol. The van der Waals surface area contributed by atoms with Gasteiger partial charge >= 0.3 is 0 Å². The maximum Gasteiger partial charge on any atom is 0.226 e. The zero-order valence-corrected chi connectivity index (χ0v) is 16.4. The van der Waals surface area contributed by atoms with E-state index in [-0.39, 0.29) is 23.0 Å². The number of hydrogen-bond donors (Lipinski definition) is 0. The largest absolute Gasteiger partial charge is 0.342 e. The van der Waals surface area contributed by atoms with E-state index < -0.39 is 9.84 Å². The summed E-state index contributed by atoms with van der Waals surface area (Å²) in [5.41, 5.74) is 2.41. The van der Waals surface area contributed by atoms with E-state index in [1.165, 1.54) is 12.1 Å². The van der Waals surface area contributed by atoms with Gasteiger partial charge in [0, 0.05) is 19.3 Å². The highest BCUT2D eigenvalue weighted by atomic mass is 32.2. The Kier molecular flexibility index (Phi) is 5.65. The lowest BCUT2D eigenvalue weighted by molar-refractivity contribution is -0.129. The Hall–Kier alpha value is -2.21. The molecular formula is C21H24FNO3S. The van der Waals surface area contributed by atoms with Gasteiger partial charge in [-0.3, -0.25) is 4.79 Å². The Bertz CT molecular complexity index is 938. The van der Waals surface area contributed by atoms with Crippen molar-refractivity contribution in [1.82, 2.24) is 4.90 Å². The van der Waals surface area contributed by atoms with Gasteiger partial charge in [0.2, 0.25) is 5.91 Å². The maximum absolute atomic E-state index is 13.7. The first-order valence-electron chi connectivity index (χ1n) is 9.04. The molecule has 27 heavy (non-hydrogen) atoms. The predicted molar refractivity (Wildman–Crippen MR) is 103 cm³/mol. The molecule has 1 unspecified atom stereocenters. The van der Waals surface area contributed by atoms with Gasteiger partial charge in [0.15, 0.2) is 9.84 Å². The van der Waals surface area contributed by atoms with Gasteiger partial charge in [-0.25, -0.2) is 12.8 Å². The molecule has 6 heteroatoms. The fraction of sp³-hybridized carbons (Fsp3) is 0.381. The quantitative estimate of drug-likeness (QED) is 0.789. The Morgan fingerprint density at radius 1 is 1.15 bits per heavy atom. The van der Waals surface area contributed by atoms with Gasteiger partial charge < -0.3 is 4.90 Å². The summed E-state index contributed by atoms with van der Waals surface area (Å²) in [5, 5.41) is 0. The van der Waals surface area contributed by atoms with E-state index in [0.29, 0.717) is 24.6 Å². The van der Waals surface area contributed by atoms with Crippen molar-refractivity contribution in [2.75, 3.05) is 19.3 Å². The second kappa shape index (κ2) is 7.80. The van der Waals surface area contributed by atoms with Gasteiger partial charge in [0.05, 0.1) is 11.3 Å². The smallest absolute Gasteiger partial charge is 0.226 e. The van der Waals surface area contributed by atoms with Crippen molar-refractivity contribution < 1.29 is 17.6 Å². The minimum atomic E-state index is -3.23. The van der Waals surface area contributed by atoms with Gasteiger partial charge in [0.25, 0.3) is 0 Å². The molecule has 0 aliphatic carbocycles. The Balaban J connectivity index is 1.56. The van der Waals surface area contributed by atoms with Crippen LogP contribution in [0.1, 0.15) is 23.1 Å². The summed E-state index contributed by atoms with van der Waals surface area (Å²) in [4.78, 5) is 14.6. The van der Waals surface area contributed by atoms with Gasteiger partial charge in [-0.05, 0) is 60.6 Å². The average Bonchev–Trinajstić information content (AvgIpc) is 3.06. The molecule has 1 atom stereocenters. The topological polar surface area (TPSA) is 54.5 Å². The molecule has 1 heterocycles. The summed E-state index contributed by atoms with van der Waals surface area (Å²) < 4.78 is 36.7. The number of benzene rings is 2. The molecule has 0 bridgehead atoms. The number of rotatable bonds is 5. The lowest BCUT2D eigenvalue weighted by Crippen LogP contribution is -2.30. The molecule has 0 N–H and O–H groups in total. The van der Waals surface area contributed by atoms with E-state index in [0.717, 1.165) is 30.2 Å². The van der Waals surface area contributed by atoms with Crippen LogP contribution < -0.4 is 0 Å². The molecule has 2 aromatic rings. The predicted octanol–water partition coefficient (Wildman–Crippen LogP) is 3.17. The molecule has 4 nitrogen and oxygen atoms in total. The number of nitrogens with zero attached hydrogens (tertiary/aromatic N) is 1. The van der Waals surface area contributed by atoms with E-state index in [9.17, 15) is 17.6 Å². The Morgan fingerprint density at radius 2 is 1.81 bits per heavy atom. The number of sulfone groups is 1.